The summed E-state index contributed by atoms with van der Waals surface area (Å²) in [6.07, 6.45) is 5.32. The molecule has 0 bridgehead atoms. The van der Waals surface area contributed by atoms with Gasteiger partial charge in [0, 0.05) is 6.54 Å². The van der Waals surface area contributed by atoms with Crippen LogP contribution in [0.3, 0.4) is 0 Å². The molecule has 1 aliphatic carbocycles. The molecule has 2 atom stereocenters. The Morgan fingerprint density at radius 1 is 1.42 bits per heavy atom. The highest BCUT2D eigenvalue weighted by Crippen LogP contribution is 2.46. The summed E-state index contributed by atoms with van der Waals surface area (Å²) in [6, 6.07) is -0.547. The summed E-state index contributed by atoms with van der Waals surface area (Å²) in [4.78, 5) is 38.2. The Hall–Kier alpha value is -2.74. The Morgan fingerprint density at radius 2 is 2.15 bits per heavy atom. The third-order valence-corrected chi connectivity index (χ3v) is 4.39. The van der Waals surface area contributed by atoms with E-state index in [2.05, 4.69) is 46.6 Å². The number of aliphatic imine (C=N–C) groups is 1. The van der Waals surface area contributed by atoms with E-state index in [9.17, 15) is 14.4 Å². The molecule has 1 aromatic rings. The number of aromatic nitrogens is 3. The lowest BCUT2D eigenvalue weighted by Gasteiger charge is -2.45. The predicted molar refractivity (Wildman–Crippen MR) is 92.3 cm³/mol. The second-order valence-corrected chi connectivity index (χ2v) is 7.90. The zero-order valence-electron chi connectivity index (χ0n) is 15.2. The normalized spacial score (nSPS) is 24.3. The number of carbonyl (C=O) groups is 2. The van der Waals surface area contributed by atoms with Gasteiger partial charge in [0.05, 0.1) is 12.2 Å². The van der Waals surface area contributed by atoms with Gasteiger partial charge in [-0.3, -0.25) is 10.1 Å². The van der Waals surface area contributed by atoms with E-state index in [1.54, 1.807) is 6.08 Å². The molecule has 1 fully saturated rings. The van der Waals surface area contributed by atoms with Gasteiger partial charge in [0.15, 0.2) is 12.4 Å². The molecular weight excluding hydrogens is 340 g/mol. The van der Waals surface area contributed by atoms with E-state index >= 15 is 0 Å². The SMILES string of the molecule is CC1(C)CC(N=C=O)CC(C)(CNC(=O)Nc2cnn(CC(=O)O)n2)C1. The largest absolute Gasteiger partial charge is 0.480 e. The molecule has 142 valence electrons. The number of nitrogens with zero attached hydrogens (tertiary/aromatic N) is 4. The Morgan fingerprint density at radius 3 is 2.81 bits per heavy atom. The number of nitrogens with one attached hydrogen (secondary N) is 2. The van der Waals surface area contributed by atoms with Crippen molar-refractivity contribution in [2.45, 2.75) is 52.6 Å². The van der Waals surface area contributed by atoms with Crippen LogP contribution in [0, 0.1) is 10.8 Å². The van der Waals surface area contributed by atoms with Crippen LogP contribution in [0.4, 0.5) is 10.6 Å². The third kappa shape index (κ3) is 5.66. The van der Waals surface area contributed by atoms with Crippen LogP contribution in [-0.4, -0.2) is 50.8 Å². The van der Waals surface area contributed by atoms with Crippen LogP contribution in [-0.2, 0) is 16.1 Å². The number of carboxylic acids is 1. The lowest BCUT2D eigenvalue weighted by Crippen LogP contribution is -2.45. The van der Waals surface area contributed by atoms with Crippen molar-refractivity contribution < 1.29 is 19.5 Å². The van der Waals surface area contributed by atoms with Crippen LogP contribution < -0.4 is 10.6 Å². The number of urea groups is 1. The highest BCUT2D eigenvalue weighted by Gasteiger charge is 2.41. The number of aliphatic carboxylic acids is 1. The number of carbonyl (C=O) groups excluding carboxylic acids is 2. The number of rotatable bonds is 6. The molecule has 1 aliphatic rings. The van der Waals surface area contributed by atoms with E-state index < -0.39 is 12.0 Å². The van der Waals surface area contributed by atoms with Crippen molar-refractivity contribution in [3.05, 3.63) is 6.20 Å². The number of amides is 2. The second-order valence-electron chi connectivity index (χ2n) is 7.90. The molecule has 0 saturated heterocycles. The predicted octanol–water partition coefficient (Wildman–Crippen LogP) is 1.40. The molecular formula is C16H24N6O4. The highest BCUT2D eigenvalue weighted by atomic mass is 16.4. The quantitative estimate of drug-likeness (QED) is 0.515. The Labute approximate surface area is 151 Å². The number of hydrogen-bond donors (Lipinski definition) is 3. The molecule has 1 aromatic heterocycles. The Bertz CT molecular complexity index is 724. The first-order valence-corrected chi connectivity index (χ1v) is 8.35. The van der Waals surface area contributed by atoms with Gasteiger partial charge in [-0.15, -0.1) is 5.10 Å². The van der Waals surface area contributed by atoms with Crippen molar-refractivity contribution in [3.63, 3.8) is 0 Å². The molecule has 26 heavy (non-hydrogen) atoms. The molecule has 1 saturated carbocycles. The van der Waals surface area contributed by atoms with Gasteiger partial charge in [-0.25, -0.2) is 14.6 Å². The van der Waals surface area contributed by atoms with Crippen LogP contribution in [0.5, 0.6) is 0 Å². The summed E-state index contributed by atoms with van der Waals surface area (Å²) in [7, 11) is 0. The zero-order chi connectivity index (χ0) is 19.4. The van der Waals surface area contributed by atoms with Crippen molar-refractivity contribution in [2.75, 3.05) is 11.9 Å². The fraction of sp³-hybridized carbons (Fsp3) is 0.688. The van der Waals surface area contributed by atoms with Gasteiger partial charge in [0.2, 0.25) is 6.08 Å². The minimum atomic E-state index is -1.07. The molecule has 2 unspecified atom stereocenters. The molecule has 10 nitrogen and oxygen atoms in total. The Balaban J connectivity index is 1.91. The summed E-state index contributed by atoms with van der Waals surface area (Å²) >= 11 is 0. The van der Waals surface area contributed by atoms with Crippen molar-refractivity contribution in [3.8, 4) is 0 Å². The van der Waals surface area contributed by atoms with Crippen molar-refractivity contribution in [1.29, 1.82) is 0 Å². The van der Waals surface area contributed by atoms with Crippen molar-refractivity contribution in [2.24, 2.45) is 15.8 Å². The Kier molecular flexibility index (Phi) is 5.76. The molecule has 0 aromatic carbocycles. The smallest absolute Gasteiger partial charge is 0.327 e. The fourth-order valence-electron chi connectivity index (χ4n) is 3.88. The number of hydrogen-bond acceptors (Lipinski definition) is 6. The summed E-state index contributed by atoms with van der Waals surface area (Å²) in [5.74, 6) is -0.904. The van der Waals surface area contributed by atoms with E-state index in [4.69, 9.17) is 5.11 Å². The van der Waals surface area contributed by atoms with E-state index in [1.165, 1.54) is 6.20 Å². The van der Waals surface area contributed by atoms with Crippen molar-refractivity contribution in [1.82, 2.24) is 20.3 Å². The van der Waals surface area contributed by atoms with Crippen LogP contribution in [0.2, 0.25) is 0 Å². The van der Waals surface area contributed by atoms with E-state index in [1.807, 2.05) is 0 Å². The minimum Gasteiger partial charge on any atom is -0.480 e. The maximum atomic E-state index is 12.1. The van der Waals surface area contributed by atoms with Gasteiger partial charge < -0.3 is 10.4 Å². The second kappa shape index (κ2) is 7.65. The first-order valence-electron chi connectivity index (χ1n) is 8.35. The monoisotopic (exact) mass is 364 g/mol. The average molecular weight is 364 g/mol. The zero-order valence-corrected chi connectivity index (χ0v) is 15.2. The molecule has 1 heterocycles. The maximum absolute atomic E-state index is 12.1. The summed E-state index contributed by atoms with van der Waals surface area (Å²) < 4.78 is 0. The molecule has 0 spiro atoms. The third-order valence-electron chi connectivity index (χ3n) is 4.39. The summed E-state index contributed by atoms with van der Waals surface area (Å²) in [5, 5.41) is 21.6. The van der Waals surface area contributed by atoms with Gasteiger partial charge in [-0.2, -0.15) is 9.90 Å². The van der Waals surface area contributed by atoms with E-state index in [0.717, 1.165) is 17.6 Å². The fourth-order valence-corrected chi connectivity index (χ4v) is 3.88. The number of anilines is 1. The molecule has 0 radical (unpaired) electrons. The molecule has 2 rings (SSSR count). The summed E-state index contributed by atoms with van der Waals surface area (Å²) in [5.41, 5.74) is -0.194. The molecule has 2 amide bonds. The molecule has 10 heteroatoms. The first kappa shape index (κ1) is 19.6. The van der Waals surface area contributed by atoms with Gasteiger partial charge in [-0.05, 0) is 30.1 Å². The molecule has 3 N–H and O–H groups in total. The van der Waals surface area contributed by atoms with Crippen molar-refractivity contribution >= 4 is 23.9 Å². The average Bonchev–Trinajstić information content (AvgIpc) is 2.90. The maximum Gasteiger partial charge on any atom is 0.327 e. The van der Waals surface area contributed by atoms with Gasteiger partial charge in [-0.1, -0.05) is 20.8 Å². The van der Waals surface area contributed by atoms with Gasteiger partial charge in [0.25, 0.3) is 0 Å². The summed E-state index contributed by atoms with van der Waals surface area (Å²) in [6.45, 7) is 6.34. The van der Waals surface area contributed by atoms with Crippen LogP contribution in [0.25, 0.3) is 0 Å². The van der Waals surface area contributed by atoms with Gasteiger partial charge in [0.1, 0.15) is 0 Å². The highest BCUT2D eigenvalue weighted by molar-refractivity contribution is 5.87. The molecule has 0 aliphatic heterocycles. The first-order chi connectivity index (χ1) is 12.1. The van der Waals surface area contributed by atoms with Crippen LogP contribution in [0.1, 0.15) is 40.0 Å². The van der Waals surface area contributed by atoms with Gasteiger partial charge >= 0.3 is 12.0 Å². The van der Waals surface area contributed by atoms with E-state index in [-0.39, 0.29) is 29.2 Å². The van der Waals surface area contributed by atoms with Crippen LogP contribution >= 0.6 is 0 Å². The lowest BCUT2D eigenvalue weighted by atomic mass is 9.63. The minimum absolute atomic E-state index is 0.00962. The standard InChI is InChI=1S/C16H24N6O4/c1-15(2)4-11(18-10-23)5-16(3,8-15)9-17-14(26)20-12-6-19-22(21-12)7-13(24)25/h6,11H,4-5,7-9H2,1-3H3,(H,24,25)(H2,17,20,21,26). The van der Waals surface area contributed by atoms with E-state index in [0.29, 0.717) is 13.0 Å². The lowest BCUT2D eigenvalue weighted by molar-refractivity contribution is -0.138. The number of isocyanates is 1. The number of carboxylic acid groups (broad SMARTS) is 1. The topological polar surface area (TPSA) is 139 Å². The van der Waals surface area contributed by atoms with Crippen LogP contribution in [0.15, 0.2) is 11.2 Å².